The summed E-state index contributed by atoms with van der Waals surface area (Å²) in [4.78, 5) is 4.82. The number of aliphatic hydroxyl groups excluding tert-OH is 1. The van der Waals surface area contributed by atoms with Crippen LogP contribution in [-0.2, 0) is 13.1 Å². The van der Waals surface area contributed by atoms with Gasteiger partial charge in [0.25, 0.3) is 0 Å². The third kappa shape index (κ3) is 7.48. The fourth-order valence-electron chi connectivity index (χ4n) is 3.77. The largest absolute Gasteiger partial charge is 0.396 e. The molecule has 1 aromatic carbocycles. The Hall–Kier alpha value is -2.34. The maximum atomic E-state index is 9.36. The van der Waals surface area contributed by atoms with Crippen LogP contribution in [0.4, 0.5) is 0 Å². The van der Waals surface area contributed by atoms with Gasteiger partial charge in [0.05, 0.1) is 18.8 Å². The Kier molecular flexibility index (Phi) is 9.87. The molecule has 2 aromatic rings. The standard InChI is InChI=1S/C24H39N5O/c1-6-25-24(26-15-22(12-13-30)14-18(2)3)27-16-23-19(4)28-29(20(23)5)17-21-10-8-7-9-11-21/h7-11,18,22,30H,6,12-17H2,1-5H3,(H2,25,26,27). The quantitative estimate of drug-likeness (QED) is 0.388. The molecule has 0 saturated carbocycles. The minimum atomic E-state index is 0.228. The topological polar surface area (TPSA) is 74.5 Å². The maximum absolute atomic E-state index is 9.36. The predicted octanol–water partition coefficient (Wildman–Crippen LogP) is 3.65. The van der Waals surface area contributed by atoms with Crippen molar-refractivity contribution in [3.8, 4) is 0 Å². The molecule has 1 atom stereocenters. The second-order valence-corrected chi connectivity index (χ2v) is 8.38. The van der Waals surface area contributed by atoms with Crippen LogP contribution in [0.25, 0.3) is 0 Å². The average molecular weight is 414 g/mol. The highest BCUT2D eigenvalue weighted by molar-refractivity contribution is 5.79. The monoisotopic (exact) mass is 413 g/mol. The third-order valence-electron chi connectivity index (χ3n) is 5.35. The van der Waals surface area contributed by atoms with Crippen molar-refractivity contribution < 1.29 is 5.11 Å². The van der Waals surface area contributed by atoms with Crippen molar-refractivity contribution in [2.24, 2.45) is 16.8 Å². The first kappa shape index (κ1) is 23.9. The van der Waals surface area contributed by atoms with E-state index in [1.54, 1.807) is 0 Å². The SMILES string of the molecule is CCNC(=NCc1c(C)nn(Cc2ccccc2)c1C)NCC(CCO)CC(C)C. The first-order valence-electron chi connectivity index (χ1n) is 11.1. The molecule has 1 unspecified atom stereocenters. The van der Waals surface area contributed by atoms with E-state index in [1.807, 2.05) is 6.07 Å². The molecule has 1 heterocycles. The van der Waals surface area contributed by atoms with Gasteiger partial charge in [-0.15, -0.1) is 0 Å². The van der Waals surface area contributed by atoms with E-state index in [2.05, 4.69) is 74.2 Å². The fraction of sp³-hybridized carbons (Fsp3) is 0.583. The van der Waals surface area contributed by atoms with E-state index >= 15 is 0 Å². The Morgan fingerprint density at radius 2 is 1.90 bits per heavy atom. The van der Waals surface area contributed by atoms with Gasteiger partial charge in [0.15, 0.2) is 5.96 Å². The number of benzene rings is 1. The highest BCUT2D eigenvalue weighted by Gasteiger charge is 2.13. The summed E-state index contributed by atoms with van der Waals surface area (Å²) in [5.74, 6) is 1.87. The van der Waals surface area contributed by atoms with Crippen molar-refractivity contribution in [3.63, 3.8) is 0 Å². The van der Waals surface area contributed by atoms with E-state index in [0.29, 0.717) is 18.4 Å². The van der Waals surface area contributed by atoms with Crippen LogP contribution in [0.1, 0.15) is 56.1 Å². The molecule has 0 saturated heterocycles. The molecule has 3 N–H and O–H groups in total. The lowest BCUT2D eigenvalue weighted by Crippen LogP contribution is -2.40. The molecule has 6 heteroatoms. The van der Waals surface area contributed by atoms with Crippen LogP contribution in [0, 0.1) is 25.7 Å². The van der Waals surface area contributed by atoms with Gasteiger partial charge in [-0.1, -0.05) is 44.2 Å². The van der Waals surface area contributed by atoms with Crippen molar-refractivity contribution in [2.75, 3.05) is 19.7 Å². The molecule has 0 bridgehead atoms. The van der Waals surface area contributed by atoms with E-state index in [-0.39, 0.29) is 6.61 Å². The molecule has 0 aliphatic carbocycles. The normalized spacial score (nSPS) is 13.0. The highest BCUT2D eigenvalue weighted by Crippen LogP contribution is 2.16. The number of guanidine groups is 1. The minimum absolute atomic E-state index is 0.228. The molecule has 0 fully saturated rings. The van der Waals surface area contributed by atoms with Gasteiger partial charge in [-0.3, -0.25) is 4.68 Å². The molecule has 0 spiro atoms. The van der Waals surface area contributed by atoms with Crippen LogP contribution in [0.3, 0.4) is 0 Å². The van der Waals surface area contributed by atoms with Crippen molar-refractivity contribution in [3.05, 3.63) is 52.8 Å². The molecule has 0 aliphatic rings. The van der Waals surface area contributed by atoms with Gasteiger partial charge in [-0.2, -0.15) is 5.10 Å². The van der Waals surface area contributed by atoms with E-state index in [0.717, 1.165) is 49.8 Å². The second kappa shape index (κ2) is 12.4. The lowest BCUT2D eigenvalue weighted by molar-refractivity contribution is 0.243. The van der Waals surface area contributed by atoms with Crippen LogP contribution in [0.2, 0.25) is 0 Å². The summed E-state index contributed by atoms with van der Waals surface area (Å²) in [5, 5.41) is 20.9. The number of aryl methyl sites for hydroxylation is 1. The van der Waals surface area contributed by atoms with Crippen LogP contribution >= 0.6 is 0 Å². The Labute approximate surface area is 181 Å². The number of hydrogen-bond donors (Lipinski definition) is 3. The number of aliphatic hydroxyl groups is 1. The summed E-state index contributed by atoms with van der Waals surface area (Å²) >= 11 is 0. The Morgan fingerprint density at radius 1 is 1.17 bits per heavy atom. The molecule has 1 aromatic heterocycles. The van der Waals surface area contributed by atoms with Gasteiger partial charge in [-0.25, -0.2) is 4.99 Å². The van der Waals surface area contributed by atoms with Crippen molar-refractivity contribution in [1.29, 1.82) is 0 Å². The molecular formula is C24H39N5O. The number of aliphatic imine (C=N–C) groups is 1. The van der Waals surface area contributed by atoms with Crippen LogP contribution in [0.15, 0.2) is 35.3 Å². The van der Waals surface area contributed by atoms with Gasteiger partial charge < -0.3 is 15.7 Å². The smallest absolute Gasteiger partial charge is 0.191 e. The summed E-state index contributed by atoms with van der Waals surface area (Å²) in [6.45, 7) is 13.9. The third-order valence-corrected chi connectivity index (χ3v) is 5.35. The molecule has 0 aliphatic heterocycles. The Bertz CT molecular complexity index is 782. The maximum Gasteiger partial charge on any atom is 0.191 e. The molecule has 6 nitrogen and oxygen atoms in total. The lowest BCUT2D eigenvalue weighted by Gasteiger charge is -2.20. The van der Waals surface area contributed by atoms with E-state index in [1.165, 1.54) is 11.1 Å². The van der Waals surface area contributed by atoms with E-state index in [4.69, 9.17) is 10.1 Å². The first-order valence-corrected chi connectivity index (χ1v) is 11.1. The molecule has 166 valence electrons. The molecule has 30 heavy (non-hydrogen) atoms. The minimum Gasteiger partial charge on any atom is -0.396 e. The highest BCUT2D eigenvalue weighted by atomic mass is 16.3. The summed E-state index contributed by atoms with van der Waals surface area (Å²) in [5.41, 5.74) is 4.61. The van der Waals surface area contributed by atoms with Crippen molar-refractivity contribution in [1.82, 2.24) is 20.4 Å². The van der Waals surface area contributed by atoms with Gasteiger partial charge in [0, 0.05) is 31.0 Å². The van der Waals surface area contributed by atoms with Crippen molar-refractivity contribution >= 4 is 5.96 Å². The lowest BCUT2D eigenvalue weighted by atomic mass is 9.94. The number of rotatable bonds is 11. The zero-order valence-corrected chi connectivity index (χ0v) is 19.3. The van der Waals surface area contributed by atoms with Crippen molar-refractivity contribution in [2.45, 2.75) is 60.5 Å². The second-order valence-electron chi connectivity index (χ2n) is 8.38. The van der Waals surface area contributed by atoms with Gasteiger partial charge in [-0.05, 0) is 51.0 Å². The van der Waals surface area contributed by atoms with Gasteiger partial charge in [0.2, 0.25) is 0 Å². The number of nitrogens with one attached hydrogen (secondary N) is 2. The summed E-state index contributed by atoms with van der Waals surface area (Å²) in [6, 6.07) is 10.4. The predicted molar refractivity (Wildman–Crippen MR) is 125 cm³/mol. The molecule has 0 radical (unpaired) electrons. The average Bonchev–Trinajstić information content (AvgIpc) is 2.97. The fourth-order valence-corrected chi connectivity index (χ4v) is 3.77. The van der Waals surface area contributed by atoms with Gasteiger partial charge >= 0.3 is 0 Å². The first-order chi connectivity index (χ1) is 14.4. The number of nitrogens with zero attached hydrogens (tertiary/aromatic N) is 3. The summed E-state index contributed by atoms with van der Waals surface area (Å²) in [6.07, 6.45) is 1.91. The van der Waals surface area contributed by atoms with E-state index < -0.39 is 0 Å². The molecular weight excluding hydrogens is 374 g/mol. The van der Waals surface area contributed by atoms with Crippen LogP contribution in [0.5, 0.6) is 0 Å². The number of hydrogen-bond acceptors (Lipinski definition) is 3. The zero-order chi connectivity index (χ0) is 21.9. The number of aromatic nitrogens is 2. The summed E-state index contributed by atoms with van der Waals surface area (Å²) < 4.78 is 2.07. The Morgan fingerprint density at radius 3 is 2.53 bits per heavy atom. The molecule has 0 amide bonds. The van der Waals surface area contributed by atoms with Crippen LogP contribution in [-0.4, -0.2) is 40.5 Å². The molecule has 2 rings (SSSR count). The Balaban J connectivity index is 2.06. The summed E-state index contributed by atoms with van der Waals surface area (Å²) in [7, 11) is 0. The van der Waals surface area contributed by atoms with Crippen LogP contribution < -0.4 is 10.6 Å². The van der Waals surface area contributed by atoms with E-state index in [9.17, 15) is 5.11 Å². The van der Waals surface area contributed by atoms with Gasteiger partial charge in [0.1, 0.15) is 0 Å². The zero-order valence-electron chi connectivity index (χ0n) is 19.3.